The van der Waals surface area contributed by atoms with Gasteiger partial charge in [-0.3, -0.25) is 10.1 Å². The minimum atomic E-state index is -1.36. The van der Waals surface area contributed by atoms with Gasteiger partial charge in [0.15, 0.2) is 0 Å². The summed E-state index contributed by atoms with van der Waals surface area (Å²) in [6, 6.07) is 8.19. The molecule has 0 saturated carbocycles. The number of anilines is 1. The zero-order valence-corrected chi connectivity index (χ0v) is 11.8. The number of aliphatic hydroxyl groups is 1. The molecule has 0 aliphatic heterocycles. The Bertz CT molecular complexity index is 667. The van der Waals surface area contributed by atoms with Crippen LogP contribution in [0.4, 0.5) is 16.2 Å². The number of hydrogen-bond acceptors (Lipinski definition) is 5. The van der Waals surface area contributed by atoms with E-state index in [0.29, 0.717) is 5.76 Å². The van der Waals surface area contributed by atoms with Crippen molar-refractivity contribution in [1.82, 2.24) is 5.32 Å². The van der Waals surface area contributed by atoms with Crippen LogP contribution in [-0.4, -0.2) is 22.6 Å². The molecule has 2 rings (SSSR count). The number of amides is 2. The number of nitrogens with zero attached hydrogens (tertiary/aromatic N) is 1. The molecular formula is C14H15N3O5. The van der Waals surface area contributed by atoms with Crippen LogP contribution in [0.25, 0.3) is 0 Å². The summed E-state index contributed by atoms with van der Waals surface area (Å²) in [6.07, 6.45) is 1.42. The van der Waals surface area contributed by atoms with Gasteiger partial charge < -0.3 is 20.2 Å². The van der Waals surface area contributed by atoms with Crippen LogP contribution in [0.1, 0.15) is 12.7 Å². The van der Waals surface area contributed by atoms with Crippen molar-refractivity contribution in [2.75, 3.05) is 11.9 Å². The van der Waals surface area contributed by atoms with Gasteiger partial charge in [0.1, 0.15) is 11.4 Å². The Morgan fingerprint density at radius 1 is 1.41 bits per heavy atom. The molecule has 2 amide bonds. The van der Waals surface area contributed by atoms with Gasteiger partial charge in [-0.1, -0.05) is 6.07 Å². The number of carbonyl (C=O) groups excluding carboxylic acids is 1. The largest absolute Gasteiger partial charge is 0.466 e. The summed E-state index contributed by atoms with van der Waals surface area (Å²) in [7, 11) is 0. The van der Waals surface area contributed by atoms with Crippen molar-refractivity contribution in [3.05, 3.63) is 58.5 Å². The first-order valence-corrected chi connectivity index (χ1v) is 6.44. The highest BCUT2D eigenvalue weighted by molar-refractivity contribution is 5.89. The Morgan fingerprint density at radius 3 is 2.82 bits per heavy atom. The average Bonchev–Trinajstić information content (AvgIpc) is 3.00. The van der Waals surface area contributed by atoms with Gasteiger partial charge in [0, 0.05) is 17.8 Å². The molecule has 22 heavy (non-hydrogen) atoms. The quantitative estimate of drug-likeness (QED) is 0.578. The van der Waals surface area contributed by atoms with E-state index in [-0.39, 0.29) is 17.9 Å². The Balaban J connectivity index is 1.93. The van der Waals surface area contributed by atoms with Gasteiger partial charge in [-0.2, -0.15) is 0 Å². The monoisotopic (exact) mass is 305 g/mol. The van der Waals surface area contributed by atoms with E-state index >= 15 is 0 Å². The first-order chi connectivity index (χ1) is 10.4. The van der Waals surface area contributed by atoms with Crippen molar-refractivity contribution in [3.8, 4) is 0 Å². The SMILES string of the molecule is CC(O)(CNC(=O)Nc1cccc([N+](=O)[O-])c1)c1ccco1. The maximum absolute atomic E-state index is 11.8. The van der Waals surface area contributed by atoms with E-state index in [0.717, 1.165) is 0 Å². The van der Waals surface area contributed by atoms with E-state index in [1.54, 1.807) is 12.1 Å². The smallest absolute Gasteiger partial charge is 0.319 e. The molecule has 8 heteroatoms. The molecule has 2 aromatic rings. The highest BCUT2D eigenvalue weighted by Crippen LogP contribution is 2.20. The van der Waals surface area contributed by atoms with Crippen LogP contribution in [0.3, 0.4) is 0 Å². The van der Waals surface area contributed by atoms with Gasteiger partial charge in [-0.25, -0.2) is 4.79 Å². The van der Waals surface area contributed by atoms with Crippen molar-refractivity contribution < 1.29 is 19.2 Å². The molecule has 1 aromatic heterocycles. The molecule has 0 aliphatic rings. The summed E-state index contributed by atoms with van der Waals surface area (Å²) in [5.74, 6) is 0.322. The molecule has 0 radical (unpaired) electrons. The number of benzene rings is 1. The number of nitro benzene ring substituents is 1. The van der Waals surface area contributed by atoms with E-state index in [2.05, 4.69) is 10.6 Å². The van der Waals surface area contributed by atoms with Crippen molar-refractivity contribution in [1.29, 1.82) is 0 Å². The predicted molar refractivity (Wildman–Crippen MR) is 78.4 cm³/mol. The first kappa shape index (κ1) is 15.5. The minimum Gasteiger partial charge on any atom is -0.466 e. The van der Waals surface area contributed by atoms with Crippen LogP contribution in [0.15, 0.2) is 47.1 Å². The lowest BCUT2D eigenvalue weighted by Crippen LogP contribution is -2.40. The highest BCUT2D eigenvalue weighted by Gasteiger charge is 2.26. The number of furan rings is 1. The summed E-state index contributed by atoms with van der Waals surface area (Å²) < 4.78 is 5.09. The molecule has 1 aromatic carbocycles. The summed E-state index contributed by atoms with van der Waals surface area (Å²) >= 11 is 0. The summed E-state index contributed by atoms with van der Waals surface area (Å²) in [6.45, 7) is 1.42. The second kappa shape index (κ2) is 6.27. The van der Waals surface area contributed by atoms with Crippen LogP contribution in [0.5, 0.6) is 0 Å². The highest BCUT2D eigenvalue weighted by atomic mass is 16.6. The molecule has 0 bridgehead atoms. The predicted octanol–water partition coefficient (Wildman–Crippen LogP) is 2.22. The second-order valence-electron chi connectivity index (χ2n) is 4.87. The Kier molecular flexibility index (Phi) is 4.42. The van der Waals surface area contributed by atoms with Crippen LogP contribution >= 0.6 is 0 Å². The molecule has 1 unspecified atom stereocenters. The molecule has 116 valence electrons. The Labute approximate surface area is 125 Å². The average molecular weight is 305 g/mol. The molecule has 0 saturated heterocycles. The number of non-ortho nitro benzene ring substituents is 1. The molecular weight excluding hydrogens is 290 g/mol. The van der Waals surface area contributed by atoms with Crippen LogP contribution in [0.2, 0.25) is 0 Å². The zero-order chi connectivity index (χ0) is 16.2. The number of urea groups is 1. The third-order valence-corrected chi connectivity index (χ3v) is 2.96. The van der Waals surface area contributed by atoms with Gasteiger partial charge in [0.25, 0.3) is 5.69 Å². The van der Waals surface area contributed by atoms with Gasteiger partial charge in [0.2, 0.25) is 0 Å². The summed E-state index contributed by atoms with van der Waals surface area (Å²) in [5.41, 5.74) is -1.20. The fourth-order valence-corrected chi connectivity index (χ4v) is 1.80. The van der Waals surface area contributed by atoms with E-state index in [1.165, 1.54) is 37.5 Å². The fourth-order valence-electron chi connectivity index (χ4n) is 1.80. The maximum atomic E-state index is 11.8. The molecule has 1 atom stereocenters. The van der Waals surface area contributed by atoms with Crippen molar-refractivity contribution in [3.63, 3.8) is 0 Å². The summed E-state index contributed by atoms with van der Waals surface area (Å²) in [5, 5.41) is 25.8. The van der Waals surface area contributed by atoms with Crippen molar-refractivity contribution in [2.24, 2.45) is 0 Å². The molecule has 8 nitrogen and oxygen atoms in total. The van der Waals surface area contributed by atoms with Gasteiger partial charge in [-0.15, -0.1) is 0 Å². The topological polar surface area (TPSA) is 118 Å². The Morgan fingerprint density at radius 2 is 2.18 bits per heavy atom. The Hall–Kier alpha value is -2.87. The fraction of sp³-hybridized carbons (Fsp3) is 0.214. The summed E-state index contributed by atoms with van der Waals surface area (Å²) in [4.78, 5) is 21.9. The van der Waals surface area contributed by atoms with Crippen molar-refractivity contribution >= 4 is 17.4 Å². The molecule has 0 fully saturated rings. The number of nitro groups is 1. The number of nitrogens with one attached hydrogen (secondary N) is 2. The standard InChI is InChI=1S/C14H15N3O5/c1-14(19,12-6-3-7-22-12)9-15-13(18)16-10-4-2-5-11(8-10)17(20)21/h2-8,19H,9H2,1H3,(H2,15,16,18). The lowest BCUT2D eigenvalue weighted by atomic mass is 10.0. The molecule has 3 N–H and O–H groups in total. The van der Waals surface area contributed by atoms with E-state index in [9.17, 15) is 20.0 Å². The third kappa shape index (κ3) is 3.83. The van der Waals surface area contributed by atoms with E-state index in [4.69, 9.17) is 4.42 Å². The van der Waals surface area contributed by atoms with Gasteiger partial charge in [0.05, 0.1) is 17.7 Å². The zero-order valence-electron chi connectivity index (χ0n) is 11.8. The van der Waals surface area contributed by atoms with Gasteiger partial charge in [-0.05, 0) is 25.1 Å². The second-order valence-corrected chi connectivity index (χ2v) is 4.87. The number of rotatable bonds is 5. The number of hydrogen-bond donors (Lipinski definition) is 3. The molecule has 1 heterocycles. The van der Waals surface area contributed by atoms with Gasteiger partial charge >= 0.3 is 6.03 Å². The van der Waals surface area contributed by atoms with Crippen molar-refractivity contribution in [2.45, 2.75) is 12.5 Å². The lowest BCUT2D eigenvalue weighted by molar-refractivity contribution is -0.384. The number of carbonyl (C=O) groups is 1. The van der Waals surface area contributed by atoms with Crippen LogP contribution < -0.4 is 10.6 Å². The maximum Gasteiger partial charge on any atom is 0.319 e. The molecule has 0 aliphatic carbocycles. The normalized spacial score (nSPS) is 13.2. The molecule has 0 spiro atoms. The van der Waals surface area contributed by atoms with E-state index < -0.39 is 16.6 Å². The van der Waals surface area contributed by atoms with Crippen LogP contribution in [0, 0.1) is 10.1 Å². The first-order valence-electron chi connectivity index (χ1n) is 6.44. The van der Waals surface area contributed by atoms with E-state index in [1.807, 2.05) is 0 Å². The lowest BCUT2D eigenvalue weighted by Gasteiger charge is -2.21. The third-order valence-electron chi connectivity index (χ3n) is 2.96. The van der Waals surface area contributed by atoms with Crippen LogP contribution in [-0.2, 0) is 5.60 Å². The minimum absolute atomic E-state index is 0.0821.